The molecule has 0 atom stereocenters. The van der Waals surface area contributed by atoms with Crippen LogP contribution in [-0.2, 0) is 6.42 Å². The quantitative estimate of drug-likeness (QED) is 0.191. The number of benzene rings is 5. The highest BCUT2D eigenvalue weighted by molar-refractivity contribution is 7.26. The Balaban J connectivity index is 1.24. The highest BCUT2D eigenvalue weighted by atomic mass is 32.1. The number of allylic oxidation sites excluding steroid dienone is 2. The summed E-state index contributed by atoms with van der Waals surface area (Å²) >= 11 is 1.90. The molecule has 5 aromatic carbocycles. The first kappa shape index (κ1) is 26.3. The molecule has 3 aromatic heterocycles. The maximum absolute atomic E-state index is 2.51. The first-order chi connectivity index (χ1) is 22.2. The van der Waals surface area contributed by atoms with E-state index in [4.69, 9.17) is 0 Å². The fourth-order valence-corrected chi connectivity index (χ4v) is 8.77. The summed E-state index contributed by atoms with van der Waals surface area (Å²) in [6.07, 6.45) is 11.1. The molecule has 8 aromatic rings. The van der Waals surface area contributed by atoms with E-state index in [9.17, 15) is 0 Å². The standard InChI is InChI=1S/C42H32N2S/c1-3-12-31-27(2)43(38-20-7-4-15-33(31)38)30-23-24-40-37(26-30)34-16-5-8-21-39(34)44(40)29-14-10-13-28(25-29)32-18-11-19-36-35-17-6-9-22-41(35)45-42(32)36/h3-7,9-20,22-26H,8,21H2,1-2H3/b12-3-. The number of aromatic nitrogens is 2. The van der Waals surface area contributed by atoms with Gasteiger partial charge in [0.2, 0.25) is 0 Å². The number of fused-ring (bicyclic) bond motifs is 7. The minimum atomic E-state index is 1.03. The zero-order valence-corrected chi connectivity index (χ0v) is 26.2. The third kappa shape index (κ3) is 3.94. The predicted octanol–water partition coefficient (Wildman–Crippen LogP) is 11.9. The molecule has 0 bridgehead atoms. The summed E-state index contributed by atoms with van der Waals surface area (Å²) in [5, 5.41) is 5.27. The molecule has 3 heterocycles. The van der Waals surface area contributed by atoms with Crippen molar-refractivity contribution in [1.82, 2.24) is 9.13 Å². The van der Waals surface area contributed by atoms with Gasteiger partial charge < -0.3 is 9.13 Å². The van der Waals surface area contributed by atoms with Crippen molar-refractivity contribution in [3.63, 3.8) is 0 Å². The molecular weight excluding hydrogens is 565 g/mol. The van der Waals surface area contributed by atoms with Gasteiger partial charge in [-0.2, -0.15) is 0 Å². The Morgan fingerprint density at radius 2 is 1.47 bits per heavy atom. The Morgan fingerprint density at radius 1 is 0.689 bits per heavy atom. The number of nitrogens with zero attached hydrogens (tertiary/aromatic N) is 2. The average Bonchev–Trinajstić information content (AvgIpc) is 3.72. The van der Waals surface area contributed by atoms with Crippen LogP contribution in [0.4, 0.5) is 0 Å². The molecule has 1 aliphatic rings. The second-order valence-corrected chi connectivity index (χ2v) is 13.1. The van der Waals surface area contributed by atoms with Gasteiger partial charge in [0.15, 0.2) is 0 Å². The molecule has 9 rings (SSSR count). The molecule has 0 fully saturated rings. The molecule has 216 valence electrons. The van der Waals surface area contributed by atoms with Gasteiger partial charge in [0, 0.05) is 64.8 Å². The molecule has 1 aliphatic carbocycles. The second-order valence-electron chi connectivity index (χ2n) is 12.0. The maximum Gasteiger partial charge on any atom is 0.0539 e. The van der Waals surface area contributed by atoms with E-state index in [0.29, 0.717) is 0 Å². The van der Waals surface area contributed by atoms with Crippen LogP contribution < -0.4 is 0 Å². The minimum Gasteiger partial charge on any atom is -0.313 e. The van der Waals surface area contributed by atoms with Crippen molar-refractivity contribution < 1.29 is 0 Å². The van der Waals surface area contributed by atoms with Gasteiger partial charge >= 0.3 is 0 Å². The fourth-order valence-electron chi connectivity index (χ4n) is 7.53. The lowest BCUT2D eigenvalue weighted by Crippen LogP contribution is -2.03. The van der Waals surface area contributed by atoms with Gasteiger partial charge in [-0.15, -0.1) is 11.3 Å². The Hall–Kier alpha value is -5.12. The van der Waals surface area contributed by atoms with E-state index in [-0.39, 0.29) is 0 Å². The first-order valence-electron chi connectivity index (χ1n) is 15.8. The van der Waals surface area contributed by atoms with E-state index in [1.54, 1.807) is 0 Å². The zero-order chi connectivity index (χ0) is 30.1. The van der Waals surface area contributed by atoms with Crippen LogP contribution >= 0.6 is 11.3 Å². The van der Waals surface area contributed by atoms with E-state index in [2.05, 4.69) is 156 Å². The van der Waals surface area contributed by atoms with Crippen LogP contribution in [0.5, 0.6) is 0 Å². The van der Waals surface area contributed by atoms with Crippen LogP contribution in [0.1, 0.15) is 35.9 Å². The summed E-state index contributed by atoms with van der Waals surface area (Å²) in [6, 6.07) is 40.4. The fraction of sp³-hybridized carbons (Fsp3) is 0.0952. The van der Waals surface area contributed by atoms with Crippen LogP contribution in [0.3, 0.4) is 0 Å². The van der Waals surface area contributed by atoms with Crippen molar-refractivity contribution in [2.75, 3.05) is 0 Å². The summed E-state index contributed by atoms with van der Waals surface area (Å²) in [7, 11) is 0. The first-order valence-corrected chi connectivity index (χ1v) is 16.6. The maximum atomic E-state index is 2.51. The van der Waals surface area contributed by atoms with Crippen molar-refractivity contribution in [2.24, 2.45) is 0 Å². The number of rotatable bonds is 4. The molecule has 0 amide bonds. The molecule has 45 heavy (non-hydrogen) atoms. The number of hydrogen-bond acceptors (Lipinski definition) is 1. The average molecular weight is 597 g/mol. The van der Waals surface area contributed by atoms with Crippen LogP contribution in [0.15, 0.2) is 121 Å². The molecule has 0 spiro atoms. The molecule has 0 saturated carbocycles. The number of hydrogen-bond donors (Lipinski definition) is 0. The lowest BCUT2D eigenvalue weighted by atomic mass is 10.0. The van der Waals surface area contributed by atoms with Crippen LogP contribution in [-0.4, -0.2) is 9.13 Å². The molecule has 0 N–H and O–H groups in total. The number of para-hydroxylation sites is 1. The van der Waals surface area contributed by atoms with Gasteiger partial charge in [-0.25, -0.2) is 0 Å². The highest BCUT2D eigenvalue weighted by Crippen LogP contribution is 2.41. The van der Waals surface area contributed by atoms with Crippen molar-refractivity contribution in [2.45, 2.75) is 26.7 Å². The normalized spacial score (nSPS) is 13.2. The van der Waals surface area contributed by atoms with Gasteiger partial charge in [-0.05, 0) is 80.3 Å². The van der Waals surface area contributed by atoms with E-state index >= 15 is 0 Å². The second kappa shape index (κ2) is 10.2. The predicted molar refractivity (Wildman–Crippen MR) is 195 cm³/mol. The zero-order valence-electron chi connectivity index (χ0n) is 25.4. The van der Waals surface area contributed by atoms with Crippen LogP contribution in [0.25, 0.3) is 76.6 Å². The van der Waals surface area contributed by atoms with E-state index in [1.807, 2.05) is 11.3 Å². The van der Waals surface area contributed by atoms with Crippen molar-refractivity contribution >= 4 is 65.5 Å². The van der Waals surface area contributed by atoms with Crippen LogP contribution in [0, 0.1) is 6.92 Å². The molecular formula is C42H32N2S. The molecule has 0 radical (unpaired) electrons. The lowest BCUT2D eigenvalue weighted by molar-refractivity contribution is 0.889. The molecule has 3 heteroatoms. The molecule has 2 nitrogen and oxygen atoms in total. The molecule has 0 unspecified atom stereocenters. The Morgan fingerprint density at radius 3 is 2.38 bits per heavy atom. The Bertz CT molecular complexity index is 2510. The summed E-state index contributed by atoms with van der Waals surface area (Å²) < 4.78 is 7.63. The van der Waals surface area contributed by atoms with Gasteiger partial charge in [-0.1, -0.05) is 91.0 Å². The lowest BCUT2D eigenvalue weighted by Gasteiger charge is -2.15. The van der Waals surface area contributed by atoms with Gasteiger partial charge in [0.25, 0.3) is 0 Å². The smallest absolute Gasteiger partial charge is 0.0539 e. The third-order valence-electron chi connectivity index (χ3n) is 9.50. The van der Waals surface area contributed by atoms with Gasteiger partial charge in [0.05, 0.1) is 11.0 Å². The third-order valence-corrected chi connectivity index (χ3v) is 10.7. The summed E-state index contributed by atoms with van der Waals surface area (Å²) in [5.74, 6) is 0. The summed E-state index contributed by atoms with van der Waals surface area (Å²) in [6.45, 7) is 4.33. The van der Waals surface area contributed by atoms with E-state index in [1.165, 1.54) is 87.0 Å². The monoisotopic (exact) mass is 596 g/mol. The summed E-state index contributed by atoms with van der Waals surface area (Å²) in [4.78, 5) is 0. The van der Waals surface area contributed by atoms with Crippen molar-refractivity contribution in [3.8, 4) is 22.5 Å². The SMILES string of the molecule is C/C=C\c1c(C)n(-c2ccc3c(c2)c2c(n3-c3cccc(-c4cccc5c4sc4ccccc45)c3)CCC=C2)c2ccccc12. The molecule has 0 saturated heterocycles. The number of thiophene rings is 1. The van der Waals surface area contributed by atoms with E-state index in [0.717, 1.165) is 12.8 Å². The minimum absolute atomic E-state index is 1.03. The van der Waals surface area contributed by atoms with Gasteiger partial charge in [-0.3, -0.25) is 0 Å². The van der Waals surface area contributed by atoms with Crippen molar-refractivity contribution in [1.29, 1.82) is 0 Å². The highest BCUT2D eigenvalue weighted by Gasteiger charge is 2.21. The topological polar surface area (TPSA) is 9.86 Å². The summed E-state index contributed by atoms with van der Waals surface area (Å²) in [5.41, 5.74) is 12.8. The van der Waals surface area contributed by atoms with Crippen molar-refractivity contribution in [3.05, 3.63) is 144 Å². The molecule has 0 aliphatic heterocycles. The largest absolute Gasteiger partial charge is 0.313 e. The Kier molecular flexibility index (Phi) is 5.97. The van der Waals surface area contributed by atoms with E-state index < -0.39 is 0 Å². The Labute approximate surface area is 266 Å². The van der Waals surface area contributed by atoms with Crippen LogP contribution in [0.2, 0.25) is 0 Å². The van der Waals surface area contributed by atoms with Gasteiger partial charge in [0.1, 0.15) is 0 Å².